The van der Waals surface area contributed by atoms with E-state index in [1.165, 1.54) is 0 Å². The van der Waals surface area contributed by atoms with E-state index in [1.807, 2.05) is 42.5 Å². The van der Waals surface area contributed by atoms with Gasteiger partial charge in [-0.3, -0.25) is 9.71 Å². The van der Waals surface area contributed by atoms with Gasteiger partial charge in [-0.25, -0.2) is 0 Å². The molecule has 140 valence electrons. The highest BCUT2D eigenvalue weighted by molar-refractivity contribution is 8.01. The molecule has 1 atom stereocenters. The Morgan fingerprint density at radius 3 is 2.22 bits per heavy atom. The fraction of sp³-hybridized carbons (Fsp3) is 0.300. The highest BCUT2D eigenvalue weighted by atomic mass is 32.2. The van der Waals surface area contributed by atoms with Gasteiger partial charge in [0.25, 0.3) is 0 Å². The van der Waals surface area contributed by atoms with Crippen LogP contribution >= 0.6 is 11.9 Å². The largest absolute Gasteiger partial charge is 0.324 e. The van der Waals surface area contributed by atoms with Crippen molar-refractivity contribution in [3.05, 3.63) is 54.9 Å². The van der Waals surface area contributed by atoms with Gasteiger partial charge < -0.3 is 5.32 Å². The Bertz CT molecular complexity index is 865. The molecule has 0 bridgehead atoms. The lowest BCUT2D eigenvalue weighted by Crippen LogP contribution is -2.21. The number of rotatable bonds is 6. The van der Waals surface area contributed by atoms with E-state index in [-0.39, 0.29) is 5.41 Å². The molecule has 0 fully saturated rings. The Kier molecular flexibility index (Phi) is 5.91. The second-order valence-corrected chi connectivity index (χ2v) is 8.41. The van der Waals surface area contributed by atoms with E-state index >= 15 is 0 Å². The molecule has 1 unspecified atom stereocenters. The molecule has 0 spiro atoms. The first-order chi connectivity index (χ1) is 12.9. The van der Waals surface area contributed by atoms with Gasteiger partial charge in [0.2, 0.25) is 11.9 Å². The minimum absolute atomic E-state index is 0.172. The van der Waals surface area contributed by atoms with Crippen molar-refractivity contribution in [3.8, 4) is 11.4 Å². The minimum Gasteiger partial charge on any atom is -0.324 e. The average Bonchev–Trinajstić information content (AvgIpc) is 2.66. The van der Waals surface area contributed by atoms with Crippen molar-refractivity contribution in [2.75, 3.05) is 10.0 Å². The molecule has 1 aromatic carbocycles. The predicted molar refractivity (Wildman–Crippen MR) is 113 cm³/mol. The summed E-state index contributed by atoms with van der Waals surface area (Å²) < 4.78 is 3.29. The quantitative estimate of drug-likeness (QED) is 0.571. The Balaban J connectivity index is 1.88. The molecule has 3 aromatic rings. The van der Waals surface area contributed by atoms with Crippen LogP contribution in [0.2, 0.25) is 0 Å². The topological polar surface area (TPSA) is 75.6 Å². The summed E-state index contributed by atoms with van der Waals surface area (Å²) in [6.07, 6.45) is 3.45. The normalized spacial score (nSPS) is 12.4. The van der Waals surface area contributed by atoms with Gasteiger partial charge in [0.1, 0.15) is 0 Å². The van der Waals surface area contributed by atoms with E-state index in [4.69, 9.17) is 0 Å². The van der Waals surface area contributed by atoms with E-state index in [9.17, 15) is 0 Å². The summed E-state index contributed by atoms with van der Waals surface area (Å²) in [6, 6.07) is 13.6. The lowest BCUT2D eigenvalue weighted by atomic mass is 9.93. The Labute approximate surface area is 164 Å². The molecule has 0 amide bonds. The fourth-order valence-electron chi connectivity index (χ4n) is 2.08. The number of nitrogens with one attached hydrogen (secondary N) is 2. The summed E-state index contributed by atoms with van der Waals surface area (Å²) in [5.74, 6) is 1.64. The molecular formula is C20H24N6S. The van der Waals surface area contributed by atoms with Crippen molar-refractivity contribution in [1.82, 2.24) is 19.9 Å². The Morgan fingerprint density at radius 2 is 1.56 bits per heavy atom. The van der Waals surface area contributed by atoms with Crippen molar-refractivity contribution >= 4 is 29.5 Å². The van der Waals surface area contributed by atoms with Gasteiger partial charge in [-0.05, 0) is 29.5 Å². The highest BCUT2D eigenvalue weighted by Crippen LogP contribution is 2.30. The second-order valence-electron chi connectivity index (χ2n) is 7.26. The lowest BCUT2D eigenvalue weighted by Gasteiger charge is -2.26. The molecule has 27 heavy (non-hydrogen) atoms. The molecule has 0 saturated heterocycles. The SMILES string of the molecule is CC(SNc1nc(Nc2ccncc2)nc(-c2ccccc2)n1)C(C)(C)C. The summed E-state index contributed by atoms with van der Waals surface area (Å²) in [5, 5.41) is 3.60. The zero-order valence-electron chi connectivity index (χ0n) is 16.0. The standard InChI is InChI=1S/C20H24N6S/c1-14(20(2,3)4)27-26-19-24-17(15-8-6-5-7-9-15)23-18(25-19)22-16-10-12-21-13-11-16/h5-14H,1-4H3,(H2,21,22,23,24,25,26). The molecule has 2 heterocycles. The molecule has 7 heteroatoms. The first kappa shape index (κ1) is 19.1. The molecule has 3 rings (SSSR count). The monoisotopic (exact) mass is 380 g/mol. The van der Waals surface area contributed by atoms with E-state index in [0.717, 1.165) is 11.3 Å². The summed E-state index contributed by atoms with van der Waals surface area (Å²) in [4.78, 5) is 17.7. The number of nitrogens with zero attached hydrogens (tertiary/aromatic N) is 4. The van der Waals surface area contributed by atoms with Gasteiger partial charge in [0.15, 0.2) is 5.82 Å². The van der Waals surface area contributed by atoms with E-state index in [0.29, 0.717) is 23.0 Å². The number of aromatic nitrogens is 4. The van der Waals surface area contributed by atoms with Crippen LogP contribution in [0, 0.1) is 5.41 Å². The maximum Gasteiger partial charge on any atom is 0.238 e. The molecule has 0 aliphatic rings. The third-order valence-electron chi connectivity index (χ3n) is 4.15. The van der Waals surface area contributed by atoms with Gasteiger partial charge >= 0.3 is 0 Å². The van der Waals surface area contributed by atoms with Crippen molar-refractivity contribution < 1.29 is 0 Å². The summed E-state index contributed by atoms with van der Waals surface area (Å²) in [7, 11) is 0. The van der Waals surface area contributed by atoms with Crippen molar-refractivity contribution in [1.29, 1.82) is 0 Å². The third-order valence-corrected chi connectivity index (χ3v) is 5.51. The summed E-state index contributed by atoms with van der Waals surface area (Å²) >= 11 is 1.61. The lowest BCUT2D eigenvalue weighted by molar-refractivity contribution is 0.411. The van der Waals surface area contributed by atoms with Crippen LogP contribution < -0.4 is 10.0 Å². The number of hydrogen-bond acceptors (Lipinski definition) is 7. The molecule has 6 nitrogen and oxygen atoms in total. The fourth-order valence-corrected chi connectivity index (χ4v) is 2.80. The molecule has 0 aliphatic carbocycles. The van der Waals surface area contributed by atoms with Crippen LogP contribution in [-0.4, -0.2) is 25.2 Å². The number of benzene rings is 1. The molecule has 2 N–H and O–H groups in total. The van der Waals surface area contributed by atoms with Crippen LogP contribution in [0.5, 0.6) is 0 Å². The van der Waals surface area contributed by atoms with Crippen LogP contribution in [0.15, 0.2) is 54.9 Å². The zero-order chi connectivity index (χ0) is 19.3. The van der Waals surface area contributed by atoms with Crippen LogP contribution in [0.4, 0.5) is 17.6 Å². The number of hydrogen-bond donors (Lipinski definition) is 2. The van der Waals surface area contributed by atoms with E-state index < -0.39 is 0 Å². The maximum atomic E-state index is 4.59. The first-order valence-corrected chi connectivity index (χ1v) is 9.70. The highest BCUT2D eigenvalue weighted by Gasteiger charge is 2.21. The van der Waals surface area contributed by atoms with Gasteiger partial charge in [-0.15, -0.1) is 0 Å². The summed E-state index contributed by atoms with van der Waals surface area (Å²) in [5.41, 5.74) is 1.98. The summed E-state index contributed by atoms with van der Waals surface area (Å²) in [6.45, 7) is 8.83. The van der Waals surface area contributed by atoms with Crippen molar-refractivity contribution in [3.63, 3.8) is 0 Å². The molecule has 0 radical (unpaired) electrons. The van der Waals surface area contributed by atoms with Crippen molar-refractivity contribution in [2.45, 2.75) is 32.9 Å². The third kappa shape index (κ3) is 5.40. The van der Waals surface area contributed by atoms with Gasteiger partial charge in [-0.2, -0.15) is 15.0 Å². The molecule has 2 aromatic heterocycles. The molecule has 0 saturated carbocycles. The van der Waals surface area contributed by atoms with Crippen LogP contribution in [0.3, 0.4) is 0 Å². The van der Waals surface area contributed by atoms with Gasteiger partial charge in [-0.1, -0.05) is 58.0 Å². The minimum atomic E-state index is 0.172. The van der Waals surface area contributed by atoms with E-state index in [2.05, 4.69) is 57.7 Å². The van der Waals surface area contributed by atoms with Gasteiger partial charge in [0, 0.05) is 28.9 Å². The maximum absolute atomic E-state index is 4.59. The van der Waals surface area contributed by atoms with Crippen LogP contribution in [0.1, 0.15) is 27.7 Å². The Hall–Kier alpha value is -2.67. The molecule has 0 aliphatic heterocycles. The van der Waals surface area contributed by atoms with Crippen LogP contribution in [0.25, 0.3) is 11.4 Å². The van der Waals surface area contributed by atoms with E-state index in [1.54, 1.807) is 24.3 Å². The average molecular weight is 381 g/mol. The number of pyridine rings is 1. The first-order valence-electron chi connectivity index (χ1n) is 8.82. The number of anilines is 3. The smallest absolute Gasteiger partial charge is 0.238 e. The second kappa shape index (κ2) is 8.35. The Morgan fingerprint density at radius 1 is 0.889 bits per heavy atom. The zero-order valence-corrected chi connectivity index (χ0v) is 16.8. The predicted octanol–water partition coefficient (Wildman–Crippen LogP) is 5.17. The van der Waals surface area contributed by atoms with Crippen molar-refractivity contribution in [2.24, 2.45) is 5.41 Å². The molecular weight excluding hydrogens is 356 g/mol. The van der Waals surface area contributed by atoms with Crippen LogP contribution in [-0.2, 0) is 0 Å². The van der Waals surface area contributed by atoms with Gasteiger partial charge in [0.05, 0.1) is 0 Å².